The molecular formula is C9H15N3O7. The van der Waals surface area contributed by atoms with Gasteiger partial charge in [0, 0.05) is 6.54 Å². The van der Waals surface area contributed by atoms with Crippen molar-refractivity contribution in [1.29, 1.82) is 0 Å². The van der Waals surface area contributed by atoms with E-state index in [-0.39, 0.29) is 6.54 Å². The van der Waals surface area contributed by atoms with E-state index in [0.717, 1.165) is 4.90 Å². The van der Waals surface area contributed by atoms with Crippen molar-refractivity contribution < 1.29 is 34.5 Å². The lowest BCUT2D eigenvalue weighted by Gasteiger charge is -2.17. The van der Waals surface area contributed by atoms with Crippen LogP contribution in [0.25, 0.3) is 0 Å². The smallest absolute Gasteiger partial charge is 0.322 e. The highest BCUT2D eigenvalue weighted by Gasteiger charge is 2.18. The van der Waals surface area contributed by atoms with E-state index in [1.54, 1.807) is 0 Å². The predicted octanol–water partition coefficient (Wildman–Crippen LogP) is -3.01. The number of carboxylic acid groups (broad SMARTS) is 3. The van der Waals surface area contributed by atoms with Gasteiger partial charge in [-0.05, 0) is 0 Å². The van der Waals surface area contributed by atoms with Crippen molar-refractivity contribution in [1.82, 2.24) is 10.2 Å². The van der Waals surface area contributed by atoms with Crippen LogP contribution < -0.4 is 11.1 Å². The standard InChI is InChI=1S/C9H15N3O7/c10-5(9(18)19)1-11-6(13)2-12(3-7(14)15)4-8(16)17/h5H,1-4,10H2,(H,11,13)(H,14,15)(H,16,17)(H,18,19). The summed E-state index contributed by atoms with van der Waals surface area (Å²) in [5, 5.41) is 27.7. The predicted molar refractivity (Wildman–Crippen MR) is 60.3 cm³/mol. The van der Waals surface area contributed by atoms with Gasteiger partial charge < -0.3 is 26.4 Å². The van der Waals surface area contributed by atoms with Gasteiger partial charge in [0.05, 0.1) is 19.6 Å². The molecule has 1 atom stereocenters. The van der Waals surface area contributed by atoms with Crippen LogP contribution in [0.5, 0.6) is 0 Å². The van der Waals surface area contributed by atoms with Crippen LogP contribution in [0.15, 0.2) is 0 Å². The first-order chi connectivity index (χ1) is 8.72. The molecule has 0 aromatic rings. The number of hydrogen-bond donors (Lipinski definition) is 5. The number of nitrogens with zero attached hydrogens (tertiary/aromatic N) is 1. The SMILES string of the molecule is NC(CNC(=O)CN(CC(=O)O)CC(=O)O)C(=O)O. The van der Waals surface area contributed by atoms with Crippen LogP contribution in [0.1, 0.15) is 0 Å². The summed E-state index contributed by atoms with van der Waals surface area (Å²) in [6, 6.07) is -1.28. The molecule has 0 rings (SSSR count). The van der Waals surface area contributed by atoms with Crippen LogP contribution in [-0.4, -0.2) is 76.3 Å². The first kappa shape index (κ1) is 16.8. The number of hydrogen-bond acceptors (Lipinski definition) is 6. The molecule has 10 heteroatoms. The van der Waals surface area contributed by atoms with Gasteiger partial charge in [0.2, 0.25) is 5.91 Å². The molecule has 0 aromatic carbocycles. The van der Waals surface area contributed by atoms with Crippen LogP contribution in [0.2, 0.25) is 0 Å². The summed E-state index contributed by atoms with van der Waals surface area (Å²) in [5.41, 5.74) is 5.14. The molecular weight excluding hydrogens is 262 g/mol. The molecule has 0 aliphatic rings. The lowest BCUT2D eigenvalue weighted by Crippen LogP contribution is -2.47. The number of carbonyl (C=O) groups is 4. The largest absolute Gasteiger partial charge is 0.480 e. The topological polar surface area (TPSA) is 170 Å². The fourth-order valence-corrected chi connectivity index (χ4v) is 1.12. The molecule has 108 valence electrons. The van der Waals surface area contributed by atoms with Gasteiger partial charge in [0.15, 0.2) is 0 Å². The Morgan fingerprint density at radius 1 is 1.00 bits per heavy atom. The van der Waals surface area contributed by atoms with Crippen LogP contribution in [0.4, 0.5) is 0 Å². The van der Waals surface area contributed by atoms with Gasteiger partial charge in [-0.1, -0.05) is 0 Å². The molecule has 0 saturated carbocycles. The molecule has 0 spiro atoms. The minimum atomic E-state index is -1.30. The van der Waals surface area contributed by atoms with E-state index >= 15 is 0 Å². The van der Waals surface area contributed by atoms with E-state index in [1.165, 1.54) is 0 Å². The van der Waals surface area contributed by atoms with Crippen molar-refractivity contribution in [3.63, 3.8) is 0 Å². The Bertz CT molecular complexity index is 355. The van der Waals surface area contributed by atoms with Gasteiger partial charge in [-0.15, -0.1) is 0 Å². The maximum Gasteiger partial charge on any atom is 0.322 e. The van der Waals surface area contributed by atoms with Gasteiger partial charge in [0.25, 0.3) is 0 Å². The van der Waals surface area contributed by atoms with Crippen LogP contribution in [0, 0.1) is 0 Å². The Labute approximate surface area is 107 Å². The summed E-state index contributed by atoms with van der Waals surface area (Å²) < 4.78 is 0. The van der Waals surface area contributed by atoms with Gasteiger partial charge in [-0.3, -0.25) is 24.1 Å². The van der Waals surface area contributed by atoms with Crippen molar-refractivity contribution in [2.45, 2.75) is 6.04 Å². The maximum absolute atomic E-state index is 11.4. The van der Waals surface area contributed by atoms with E-state index in [4.69, 9.17) is 21.1 Å². The lowest BCUT2D eigenvalue weighted by molar-refractivity contribution is -0.142. The molecule has 0 radical (unpaired) electrons. The highest BCUT2D eigenvalue weighted by Crippen LogP contribution is 1.89. The van der Waals surface area contributed by atoms with Crippen molar-refractivity contribution in [2.24, 2.45) is 5.73 Å². The van der Waals surface area contributed by atoms with E-state index in [9.17, 15) is 19.2 Å². The fourth-order valence-electron chi connectivity index (χ4n) is 1.12. The van der Waals surface area contributed by atoms with Crippen LogP contribution in [0.3, 0.4) is 0 Å². The summed E-state index contributed by atoms with van der Waals surface area (Å²) in [7, 11) is 0. The summed E-state index contributed by atoms with van der Waals surface area (Å²) in [6.45, 7) is -2.05. The minimum Gasteiger partial charge on any atom is -0.480 e. The normalized spacial score (nSPS) is 11.9. The van der Waals surface area contributed by atoms with E-state index < -0.39 is 49.5 Å². The fraction of sp³-hybridized carbons (Fsp3) is 0.556. The Morgan fingerprint density at radius 3 is 1.84 bits per heavy atom. The third-order valence-corrected chi connectivity index (χ3v) is 1.92. The number of nitrogens with one attached hydrogen (secondary N) is 1. The van der Waals surface area contributed by atoms with E-state index in [2.05, 4.69) is 5.32 Å². The second kappa shape index (κ2) is 8.00. The number of amides is 1. The molecule has 0 saturated heterocycles. The summed E-state index contributed by atoms with van der Waals surface area (Å²) in [5.74, 6) is -4.57. The highest BCUT2D eigenvalue weighted by atomic mass is 16.4. The monoisotopic (exact) mass is 277 g/mol. The summed E-state index contributed by atoms with van der Waals surface area (Å²) >= 11 is 0. The van der Waals surface area contributed by atoms with Gasteiger partial charge in [0.1, 0.15) is 6.04 Å². The first-order valence-electron chi connectivity index (χ1n) is 5.13. The molecule has 1 unspecified atom stereocenters. The zero-order valence-electron chi connectivity index (χ0n) is 9.90. The van der Waals surface area contributed by atoms with E-state index in [0.29, 0.717) is 0 Å². The molecule has 10 nitrogen and oxygen atoms in total. The van der Waals surface area contributed by atoms with Crippen molar-refractivity contribution in [2.75, 3.05) is 26.2 Å². The van der Waals surface area contributed by atoms with Crippen LogP contribution >= 0.6 is 0 Å². The Kier molecular flexibility index (Phi) is 7.07. The average molecular weight is 277 g/mol. The number of carboxylic acids is 3. The second-order valence-corrected chi connectivity index (χ2v) is 3.68. The summed E-state index contributed by atoms with van der Waals surface area (Å²) in [4.78, 5) is 43.5. The Morgan fingerprint density at radius 2 is 1.47 bits per heavy atom. The third-order valence-electron chi connectivity index (χ3n) is 1.92. The molecule has 1 amide bonds. The quantitative estimate of drug-likeness (QED) is 0.294. The highest BCUT2D eigenvalue weighted by molar-refractivity contribution is 5.81. The van der Waals surface area contributed by atoms with Crippen molar-refractivity contribution in [3.05, 3.63) is 0 Å². The lowest BCUT2D eigenvalue weighted by atomic mass is 10.3. The maximum atomic E-state index is 11.4. The molecule has 19 heavy (non-hydrogen) atoms. The number of aliphatic carboxylic acids is 3. The van der Waals surface area contributed by atoms with Gasteiger partial charge in [-0.25, -0.2) is 0 Å². The molecule has 0 aliphatic heterocycles. The molecule has 0 heterocycles. The number of nitrogens with two attached hydrogens (primary N) is 1. The number of rotatable bonds is 9. The van der Waals surface area contributed by atoms with Gasteiger partial charge >= 0.3 is 17.9 Å². The molecule has 0 bridgehead atoms. The molecule has 6 N–H and O–H groups in total. The Balaban J connectivity index is 4.26. The second-order valence-electron chi connectivity index (χ2n) is 3.68. The minimum absolute atomic E-state index is 0.331. The number of carbonyl (C=O) groups excluding carboxylic acids is 1. The molecule has 0 aromatic heterocycles. The van der Waals surface area contributed by atoms with Crippen molar-refractivity contribution >= 4 is 23.8 Å². The zero-order chi connectivity index (χ0) is 15.0. The Hall–Kier alpha value is -2.20. The first-order valence-corrected chi connectivity index (χ1v) is 5.13. The zero-order valence-corrected chi connectivity index (χ0v) is 9.90. The average Bonchev–Trinajstić information content (AvgIpc) is 2.23. The van der Waals surface area contributed by atoms with Gasteiger partial charge in [-0.2, -0.15) is 0 Å². The van der Waals surface area contributed by atoms with Crippen molar-refractivity contribution in [3.8, 4) is 0 Å². The summed E-state index contributed by atoms with van der Waals surface area (Å²) in [6.07, 6.45) is 0. The molecule has 0 aliphatic carbocycles. The third kappa shape index (κ3) is 8.51. The molecule has 0 fully saturated rings. The van der Waals surface area contributed by atoms with Crippen LogP contribution in [-0.2, 0) is 19.2 Å². The van der Waals surface area contributed by atoms with E-state index in [1.807, 2.05) is 0 Å².